The van der Waals surface area contributed by atoms with Gasteiger partial charge in [-0.1, -0.05) is 0 Å². The van der Waals surface area contributed by atoms with Crippen molar-refractivity contribution >= 4 is 5.69 Å². The minimum Gasteiger partial charge on any atom is -0.396 e. The molecule has 0 aliphatic heterocycles. The van der Waals surface area contributed by atoms with Crippen LogP contribution in [-0.2, 0) is 12.6 Å². The van der Waals surface area contributed by atoms with Crippen molar-refractivity contribution in [2.75, 3.05) is 5.73 Å². The lowest BCUT2D eigenvalue weighted by atomic mass is 9.78. The predicted octanol–water partition coefficient (Wildman–Crippen LogP) is 2.88. The Morgan fingerprint density at radius 2 is 1.84 bits per heavy atom. The molecule has 106 valence electrons. The summed E-state index contributed by atoms with van der Waals surface area (Å²) in [5.74, 6) is -2.85. The Morgan fingerprint density at radius 3 is 2.32 bits per heavy atom. The first kappa shape index (κ1) is 14.0. The van der Waals surface area contributed by atoms with E-state index in [4.69, 9.17) is 10.8 Å². The number of hydrogen-bond donors (Lipinski definition) is 2. The third-order valence-corrected chi connectivity index (χ3v) is 3.33. The maximum atomic E-state index is 13.7. The number of aliphatic hydroxyl groups is 1. The van der Waals surface area contributed by atoms with Crippen molar-refractivity contribution in [1.82, 2.24) is 0 Å². The van der Waals surface area contributed by atoms with Gasteiger partial charge >= 0.3 is 6.18 Å². The molecule has 0 aromatic heterocycles. The summed E-state index contributed by atoms with van der Waals surface area (Å²) in [6, 6.07) is 0.541. The Kier molecular flexibility index (Phi) is 3.42. The summed E-state index contributed by atoms with van der Waals surface area (Å²) in [4.78, 5) is 0. The molecule has 1 aromatic rings. The molecule has 2 nitrogen and oxygen atoms in total. The number of nitrogen functional groups attached to an aromatic ring is 1. The van der Waals surface area contributed by atoms with Crippen LogP contribution in [0.1, 0.15) is 24.0 Å². The zero-order chi connectivity index (χ0) is 14.4. The molecule has 0 bridgehead atoms. The van der Waals surface area contributed by atoms with E-state index in [-0.39, 0.29) is 17.9 Å². The van der Waals surface area contributed by atoms with Crippen molar-refractivity contribution in [1.29, 1.82) is 0 Å². The van der Waals surface area contributed by atoms with E-state index in [0.29, 0.717) is 18.9 Å². The summed E-state index contributed by atoms with van der Waals surface area (Å²) >= 11 is 0. The third kappa shape index (κ3) is 2.65. The second kappa shape index (κ2) is 4.63. The van der Waals surface area contributed by atoms with Gasteiger partial charge in [0.15, 0.2) is 0 Å². The lowest BCUT2D eigenvalue weighted by Crippen LogP contribution is -2.30. The van der Waals surface area contributed by atoms with Crippen molar-refractivity contribution in [2.24, 2.45) is 5.92 Å². The summed E-state index contributed by atoms with van der Waals surface area (Å²) in [6.07, 6.45) is -4.56. The first-order valence-electron chi connectivity index (χ1n) is 5.71. The first-order valence-corrected chi connectivity index (χ1v) is 5.71. The number of alkyl halides is 3. The van der Waals surface area contributed by atoms with E-state index in [0.717, 1.165) is 0 Å². The fourth-order valence-electron chi connectivity index (χ4n) is 2.31. The van der Waals surface area contributed by atoms with Gasteiger partial charge in [-0.2, -0.15) is 13.2 Å². The molecular formula is C12H12F5NO. The molecule has 1 fully saturated rings. The number of anilines is 1. The monoisotopic (exact) mass is 281 g/mol. The third-order valence-electron chi connectivity index (χ3n) is 3.33. The number of benzene rings is 1. The van der Waals surface area contributed by atoms with Crippen LogP contribution in [0.2, 0.25) is 0 Å². The van der Waals surface area contributed by atoms with Gasteiger partial charge in [-0.05, 0) is 36.8 Å². The van der Waals surface area contributed by atoms with Crippen LogP contribution in [0.5, 0.6) is 0 Å². The van der Waals surface area contributed by atoms with Crippen LogP contribution in [0, 0.1) is 17.6 Å². The lowest BCUT2D eigenvalue weighted by molar-refractivity contribution is -0.139. The van der Waals surface area contributed by atoms with E-state index in [1.807, 2.05) is 0 Å². The molecule has 1 aliphatic rings. The van der Waals surface area contributed by atoms with Crippen LogP contribution in [0.25, 0.3) is 0 Å². The van der Waals surface area contributed by atoms with Crippen LogP contribution in [0.15, 0.2) is 6.07 Å². The Labute approximate surface area is 106 Å². The number of rotatable bonds is 2. The van der Waals surface area contributed by atoms with Crippen LogP contribution in [0.3, 0.4) is 0 Å². The molecular weight excluding hydrogens is 269 g/mol. The Hall–Kier alpha value is -1.37. The average molecular weight is 281 g/mol. The Morgan fingerprint density at radius 1 is 1.26 bits per heavy atom. The highest BCUT2D eigenvalue weighted by atomic mass is 19.4. The van der Waals surface area contributed by atoms with E-state index in [2.05, 4.69) is 0 Å². The smallest absolute Gasteiger partial charge is 0.396 e. The minimum absolute atomic E-state index is 0.0555. The molecule has 0 saturated heterocycles. The number of nitrogens with two attached hydrogens (primary N) is 1. The molecule has 0 unspecified atom stereocenters. The normalized spacial score (nSPS) is 23.3. The largest absolute Gasteiger partial charge is 0.421 e. The standard InChI is InChI=1S/C12H12F5NO/c13-8-4-6(1-5-2-7(19)3-5)10(14)11(18)9(8)12(15,16)17/h4-5,7,19H,1-3,18H2. The van der Waals surface area contributed by atoms with Crippen molar-refractivity contribution < 1.29 is 27.1 Å². The summed E-state index contributed by atoms with van der Waals surface area (Å²) in [5, 5.41) is 9.08. The highest BCUT2D eigenvalue weighted by Crippen LogP contribution is 2.39. The van der Waals surface area contributed by atoms with E-state index in [9.17, 15) is 22.0 Å². The SMILES string of the molecule is Nc1c(F)c(CC2CC(O)C2)cc(F)c1C(F)(F)F. The highest BCUT2D eigenvalue weighted by molar-refractivity contribution is 5.53. The van der Waals surface area contributed by atoms with Crippen LogP contribution in [0.4, 0.5) is 27.6 Å². The van der Waals surface area contributed by atoms with Crippen molar-refractivity contribution in [3.63, 3.8) is 0 Å². The molecule has 1 aliphatic carbocycles. The average Bonchev–Trinajstić information content (AvgIpc) is 2.21. The van der Waals surface area contributed by atoms with E-state index in [1.165, 1.54) is 0 Å². The topological polar surface area (TPSA) is 46.2 Å². The zero-order valence-electron chi connectivity index (χ0n) is 9.77. The Balaban J connectivity index is 2.32. The summed E-state index contributed by atoms with van der Waals surface area (Å²) < 4.78 is 64.6. The minimum atomic E-state index is -5.03. The second-order valence-electron chi connectivity index (χ2n) is 4.81. The van der Waals surface area contributed by atoms with Gasteiger partial charge < -0.3 is 10.8 Å². The van der Waals surface area contributed by atoms with Gasteiger partial charge in [0.05, 0.1) is 11.8 Å². The van der Waals surface area contributed by atoms with E-state index < -0.39 is 35.2 Å². The molecule has 1 saturated carbocycles. The van der Waals surface area contributed by atoms with Crippen LogP contribution in [-0.4, -0.2) is 11.2 Å². The lowest BCUT2D eigenvalue weighted by Gasteiger charge is -2.31. The maximum absolute atomic E-state index is 13.7. The molecule has 3 N–H and O–H groups in total. The molecule has 1 aromatic carbocycles. The van der Waals surface area contributed by atoms with Crippen LogP contribution >= 0.6 is 0 Å². The molecule has 0 heterocycles. The van der Waals surface area contributed by atoms with E-state index >= 15 is 0 Å². The highest BCUT2D eigenvalue weighted by Gasteiger charge is 2.39. The first-order chi connectivity index (χ1) is 8.70. The quantitative estimate of drug-likeness (QED) is 0.647. The second-order valence-corrected chi connectivity index (χ2v) is 4.81. The zero-order valence-corrected chi connectivity index (χ0v) is 9.77. The van der Waals surface area contributed by atoms with Gasteiger partial charge in [-0.25, -0.2) is 8.78 Å². The molecule has 19 heavy (non-hydrogen) atoms. The van der Waals surface area contributed by atoms with E-state index in [1.54, 1.807) is 0 Å². The predicted molar refractivity (Wildman–Crippen MR) is 58.2 cm³/mol. The summed E-state index contributed by atoms with van der Waals surface area (Å²) in [7, 11) is 0. The molecule has 0 spiro atoms. The van der Waals surface area contributed by atoms with Gasteiger partial charge in [-0.3, -0.25) is 0 Å². The summed E-state index contributed by atoms with van der Waals surface area (Å²) in [5.41, 5.74) is 1.90. The van der Waals surface area contributed by atoms with Crippen molar-refractivity contribution in [3.8, 4) is 0 Å². The summed E-state index contributed by atoms with van der Waals surface area (Å²) in [6.45, 7) is 0. The molecule has 0 amide bonds. The Bertz CT molecular complexity index is 494. The molecule has 7 heteroatoms. The van der Waals surface area contributed by atoms with Gasteiger partial charge in [0.25, 0.3) is 0 Å². The number of hydrogen-bond acceptors (Lipinski definition) is 2. The molecule has 0 radical (unpaired) electrons. The fraction of sp³-hybridized carbons (Fsp3) is 0.500. The maximum Gasteiger partial charge on any atom is 0.421 e. The van der Waals surface area contributed by atoms with Crippen molar-refractivity contribution in [3.05, 3.63) is 28.8 Å². The molecule has 0 atom stereocenters. The number of halogens is 5. The van der Waals surface area contributed by atoms with Gasteiger partial charge in [0.1, 0.15) is 17.2 Å². The van der Waals surface area contributed by atoms with Gasteiger partial charge in [0, 0.05) is 0 Å². The van der Waals surface area contributed by atoms with Crippen LogP contribution < -0.4 is 5.73 Å². The van der Waals surface area contributed by atoms with Crippen molar-refractivity contribution in [2.45, 2.75) is 31.5 Å². The van der Waals surface area contributed by atoms with Gasteiger partial charge in [0.2, 0.25) is 0 Å². The van der Waals surface area contributed by atoms with Gasteiger partial charge in [-0.15, -0.1) is 0 Å². The molecule has 2 rings (SSSR count). The fourth-order valence-corrected chi connectivity index (χ4v) is 2.31. The number of aliphatic hydroxyl groups excluding tert-OH is 1.